The average molecular weight is 505 g/mol. The summed E-state index contributed by atoms with van der Waals surface area (Å²) in [5.41, 5.74) is 15.6. The van der Waals surface area contributed by atoms with Crippen molar-refractivity contribution < 1.29 is 4.39 Å². The number of allylic oxidation sites excluding steroid dienone is 1. The predicted molar refractivity (Wildman–Crippen MR) is 157 cm³/mol. The molecule has 0 radical (unpaired) electrons. The van der Waals surface area contributed by atoms with Crippen LogP contribution < -0.4 is 11.1 Å². The molecule has 4 nitrogen and oxygen atoms in total. The zero-order valence-electron chi connectivity index (χ0n) is 22.1. The van der Waals surface area contributed by atoms with Gasteiger partial charge < -0.3 is 16.0 Å². The quantitative estimate of drug-likeness (QED) is 0.194. The molecule has 0 saturated carbocycles. The number of rotatable bonds is 7. The zero-order chi connectivity index (χ0) is 26.9. The second kappa shape index (κ2) is 10.2. The molecule has 0 aliphatic rings. The van der Waals surface area contributed by atoms with Crippen molar-refractivity contribution in [1.82, 2.24) is 9.97 Å². The van der Waals surface area contributed by atoms with E-state index in [-0.39, 0.29) is 11.2 Å². The van der Waals surface area contributed by atoms with Crippen LogP contribution in [-0.4, -0.2) is 9.97 Å². The SMILES string of the molecule is C=C(CC(C)(C)C)Nc1cncc(-c2ccc(N)c(Cc3cc4c(-c5ccccc5F)cccc4[nH]3)c2)c1. The number of hydrogen-bond donors (Lipinski definition) is 3. The second-order valence-electron chi connectivity index (χ2n) is 11.1. The number of nitrogens with one attached hydrogen (secondary N) is 2. The molecule has 192 valence electrons. The number of nitrogens with zero attached hydrogens (tertiary/aromatic N) is 1. The van der Waals surface area contributed by atoms with Crippen molar-refractivity contribution in [3.63, 3.8) is 0 Å². The lowest BCUT2D eigenvalue weighted by molar-refractivity contribution is 0.411. The predicted octanol–water partition coefficient (Wildman–Crippen LogP) is 8.57. The molecule has 3 aromatic carbocycles. The number of fused-ring (bicyclic) bond motifs is 1. The summed E-state index contributed by atoms with van der Waals surface area (Å²) in [5, 5.41) is 4.39. The van der Waals surface area contributed by atoms with Crippen LogP contribution in [0.3, 0.4) is 0 Å². The number of aromatic amines is 1. The molecule has 0 saturated heterocycles. The number of nitrogens with two attached hydrogens (primary N) is 1. The van der Waals surface area contributed by atoms with E-state index in [1.54, 1.807) is 6.07 Å². The summed E-state index contributed by atoms with van der Waals surface area (Å²) in [5.74, 6) is -0.230. The largest absolute Gasteiger partial charge is 0.398 e. The number of nitrogen functional groups attached to an aromatic ring is 1. The normalized spacial score (nSPS) is 11.6. The van der Waals surface area contributed by atoms with Crippen LogP contribution in [0.2, 0.25) is 0 Å². The van der Waals surface area contributed by atoms with E-state index >= 15 is 0 Å². The maximum atomic E-state index is 14.5. The van der Waals surface area contributed by atoms with E-state index in [2.05, 4.69) is 60.8 Å². The van der Waals surface area contributed by atoms with Gasteiger partial charge in [-0.3, -0.25) is 4.98 Å². The minimum atomic E-state index is -0.230. The van der Waals surface area contributed by atoms with Crippen molar-refractivity contribution in [3.8, 4) is 22.3 Å². The van der Waals surface area contributed by atoms with E-state index in [1.165, 1.54) is 6.07 Å². The lowest BCUT2D eigenvalue weighted by atomic mass is 9.91. The molecule has 0 spiro atoms. The van der Waals surface area contributed by atoms with E-state index in [1.807, 2.05) is 54.9 Å². The first kappa shape index (κ1) is 25.3. The van der Waals surface area contributed by atoms with Crippen LogP contribution in [0.4, 0.5) is 15.8 Å². The van der Waals surface area contributed by atoms with Crippen LogP contribution in [0.5, 0.6) is 0 Å². The Morgan fingerprint density at radius 3 is 2.53 bits per heavy atom. The average Bonchev–Trinajstić information content (AvgIpc) is 3.27. The first-order chi connectivity index (χ1) is 18.2. The molecule has 0 aliphatic carbocycles. The van der Waals surface area contributed by atoms with Gasteiger partial charge >= 0.3 is 0 Å². The standard InChI is InChI=1S/C33H33FN4/c1-21(18-33(2,3)4)37-26-16-24(19-36-20-26)22-12-13-31(35)23(14-22)15-25-17-29-27(9-7-11-32(29)38-25)28-8-5-6-10-30(28)34/h5-14,16-17,19-20,37-38H,1,15,18,35H2,2-4H3. The van der Waals surface area contributed by atoms with Gasteiger partial charge in [0.25, 0.3) is 0 Å². The van der Waals surface area contributed by atoms with Crippen LogP contribution in [-0.2, 0) is 6.42 Å². The first-order valence-corrected chi connectivity index (χ1v) is 12.8. The van der Waals surface area contributed by atoms with Gasteiger partial charge in [-0.15, -0.1) is 0 Å². The van der Waals surface area contributed by atoms with E-state index in [4.69, 9.17) is 5.73 Å². The van der Waals surface area contributed by atoms with Gasteiger partial charge in [-0.2, -0.15) is 0 Å². The second-order valence-corrected chi connectivity index (χ2v) is 11.1. The molecule has 5 rings (SSSR count). The Morgan fingerprint density at radius 2 is 1.74 bits per heavy atom. The lowest BCUT2D eigenvalue weighted by Gasteiger charge is -2.20. The summed E-state index contributed by atoms with van der Waals surface area (Å²) >= 11 is 0. The van der Waals surface area contributed by atoms with Crippen molar-refractivity contribution in [3.05, 3.63) is 115 Å². The molecule has 0 aliphatic heterocycles. The van der Waals surface area contributed by atoms with E-state index < -0.39 is 0 Å². The Hall–Kier alpha value is -4.38. The Labute approximate surface area is 223 Å². The minimum Gasteiger partial charge on any atom is -0.398 e. The Balaban J connectivity index is 1.42. The lowest BCUT2D eigenvalue weighted by Crippen LogP contribution is -2.10. The molecule has 5 heteroatoms. The third kappa shape index (κ3) is 5.62. The molecule has 0 atom stereocenters. The summed E-state index contributed by atoms with van der Waals surface area (Å²) in [6, 6.07) is 23.0. The van der Waals surface area contributed by atoms with Crippen molar-refractivity contribution in [2.75, 3.05) is 11.1 Å². The van der Waals surface area contributed by atoms with E-state index in [0.717, 1.165) is 62.3 Å². The van der Waals surface area contributed by atoms with Gasteiger partial charge in [-0.25, -0.2) is 4.39 Å². The van der Waals surface area contributed by atoms with E-state index in [0.29, 0.717) is 12.0 Å². The molecule has 5 aromatic rings. The highest BCUT2D eigenvalue weighted by atomic mass is 19.1. The highest BCUT2D eigenvalue weighted by Crippen LogP contribution is 2.33. The van der Waals surface area contributed by atoms with Crippen LogP contribution >= 0.6 is 0 Å². The van der Waals surface area contributed by atoms with Gasteiger partial charge in [0, 0.05) is 51.7 Å². The van der Waals surface area contributed by atoms with Crippen molar-refractivity contribution in [2.24, 2.45) is 5.41 Å². The number of halogens is 1. The summed E-state index contributed by atoms with van der Waals surface area (Å²) < 4.78 is 14.5. The molecule has 2 aromatic heterocycles. The maximum Gasteiger partial charge on any atom is 0.131 e. The van der Waals surface area contributed by atoms with Gasteiger partial charge in [0.15, 0.2) is 0 Å². The van der Waals surface area contributed by atoms with E-state index in [9.17, 15) is 4.39 Å². The molecule has 0 amide bonds. The van der Waals surface area contributed by atoms with Crippen LogP contribution in [0.15, 0.2) is 97.5 Å². The topological polar surface area (TPSA) is 66.7 Å². The first-order valence-electron chi connectivity index (χ1n) is 12.8. The fourth-order valence-corrected chi connectivity index (χ4v) is 4.92. The molecule has 0 bridgehead atoms. The van der Waals surface area contributed by atoms with Gasteiger partial charge in [0.1, 0.15) is 5.82 Å². The monoisotopic (exact) mass is 504 g/mol. The molecular formula is C33H33FN4. The highest BCUT2D eigenvalue weighted by molar-refractivity contribution is 5.96. The van der Waals surface area contributed by atoms with Gasteiger partial charge in [-0.1, -0.05) is 63.7 Å². The molecule has 4 N–H and O–H groups in total. The molecular weight excluding hydrogens is 471 g/mol. The fourth-order valence-electron chi connectivity index (χ4n) is 4.92. The number of H-pyrrole nitrogens is 1. The van der Waals surface area contributed by atoms with Crippen molar-refractivity contribution in [1.29, 1.82) is 0 Å². The number of anilines is 2. The third-order valence-electron chi connectivity index (χ3n) is 6.54. The van der Waals surface area contributed by atoms with Crippen LogP contribution in [0.25, 0.3) is 33.2 Å². The van der Waals surface area contributed by atoms with Crippen LogP contribution in [0.1, 0.15) is 38.4 Å². The maximum absolute atomic E-state index is 14.5. The number of aromatic nitrogens is 2. The molecule has 0 fully saturated rings. The van der Waals surface area contributed by atoms with Crippen molar-refractivity contribution >= 4 is 22.3 Å². The number of hydrogen-bond acceptors (Lipinski definition) is 3. The third-order valence-corrected chi connectivity index (χ3v) is 6.54. The molecule has 38 heavy (non-hydrogen) atoms. The van der Waals surface area contributed by atoms with Crippen LogP contribution in [0, 0.1) is 11.2 Å². The summed E-state index contributed by atoms with van der Waals surface area (Å²) in [6.07, 6.45) is 5.16. The Morgan fingerprint density at radius 1 is 0.947 bits per heavy atom. The summed E-state index contributed by atoms with van der Waals surface area (Å²) in [4.78, 5) is 7.95. The number of benzene rings is 3. The number of pyridine rings is 1. The smallest absolute Gasteiger partial charge is 0.131 e. The fraction of sp³-hybridized carbons (Fsp3) is 0.182. The summed E-state index contributed by atoms with van der Waals surface area (Å²) in [7, 11) is 0. The van der Waals surface area contributed by atoms with Gasteiger partial charge in [-0.05, 0) is 64.9 Å². The molecule has 0 unspecified atom stereocenters. The molecule has 2 heterocycles. The minimum absolute atomic E-state index is 0.152. The van der Waals surface area contributed by atoms with Gasteiger partial charge in [0.2, 0.25) is 0 Å². The van der Waals surface area contributed by atoms with Crippen molar-refractivity contribution in [2.45, 2.75) is 33.6 Å². The summed E-state index contributed by atoms with van der Waals surface area (Å²) in [6.45, 7) is 10.8. The zero-order valence-corrected chi connectivity index (χ0v) is 22.1. The Bertz CT molecular complexity index is 1620. The highest BCUT2D eigenvalue weighted by Gasteiger charge is 2.14. The Kier molecular flexibility index (Phi) is 6.77. The van der Waals surface area contributed by atoms with Gasteiger partial charge in [0.05, 0.1) is 11.9 Å².